The number of rotatable bonds is 63. The molecule has 0 bridgehead atoms. The third-order valence-corrected chi connectivity index (χ3v) is 15.7. The van der Waals surface area contributed by atoms with Crippen LogP contribution >= 0.6 is 0 Å². The van der Waals surface area contributed by atoms with Crippen LogP contribution in [0, 0.1) is 0 Å². The third-order valence-electron chi connectivity index (χ3n) is 15.7. The summed E-state index contributed by atoms with van der Waals surface area (Å²) in [6.45, 7) is 4.97. The number of carbonyl (C=O) groups excluding carboxylic acids is 2. The first-order chi connectivity index (χ1) is 36.5. The van der Waals surface area contributed by atoms with Gasteiger partial charge in [0.1, 0.15) is 0 Å². The Kier molecular flexibility index (Phi) is 62.4. The lowest BCUT2D eigenvalue weighted by Crippen LogP contribution is -2.45. The highest BCUT2D eigenvalue weighted by molar-refractivity contribution is 5.76. The highest BCUT2D eigenvalue weighted by atomic mass is 16.5. The highest BCUT2D eigenvalue weighted by Crippen LogP contribution is 2.18. The smallest absolute Gasteiger partial charge is 0.305 e. The molecular weight excluding hydrogens is 911 g/mol. The Labute approximate surface area is 462 Å². The Morgan fingerprint density at radius 3 is 0.959 bits per heavy atom. The zero-order valence-electron chi connectivity index (χ0n) is 50.1. The van der Waals surface area contributed by atoms with Crippen molar-refractivity contribution in [1.29, 1.82) is 0 Å². The minimum absolute atomic E-state index is 0.0103. The van der Waals surface area contributed by atoms with Crippen LogP contribution in [0.3, 0.4) is 0 Å². The third kappa shape index (κ3) is 59.6. The van der Waals surface area contributed by atoms with Crippen molar-refractivity contribution in [1.82, 2.24) is 5.32 Å². The molecule has 0 radical (unpaired) electrons. The van der Waals surface area contributed by atoms with E-state index in [2.05, 4.69) is 43.5 Å². The van der Waals surface area contributed by atoms with Gasteiger partial charge >= 0.3 is 5.97 Å². The maximum atomic E-state index is 12.5. The molecule has 0 aromatic rings. The van der Waals surface area contributed by atoms with Crippen LogP contribution in [0.25, 0.3) is 0 Å². The van der Waals surface area contributed by atoms with Crippen molar-refractivity contribution in [3.05, 3.63) is 24.3 Å². The SMILES string of the molecule is CCCCCCCC/C=C\CCCCCCCCCCCC(=O)OCCCCCCCCCCCCC/C=C\CCCCCCCCCC(=O)NC(CO)C(O)CCCCCCCCCCCCCCCCCC. The van der Waals surface area contributed by atoms with Gasteiger partial charge in [-0.1, -0.05) is 308 Å². The normalized spacial score (nSPS) is 12.6. The molecule has 6 heteroatoms. The van der Waals surface area contributed by atoms with Crippen molar-refractivity contribution >= 4 is 11.9 Å². The molecule has 2 unspecified atom stereocenters. The molecule has 3 N–H and O–H groups in total. The van der Waals surface area contributed by atoms with E-state index in [1.807, 2.05) is 0 Å². The molecule has 0 heterocycles. The van der Waals surface area contributed by atoms with Gasteiger partial charge in [-0.05, 0) is 77.0 Å². The van der Waals surface area contributed by atoms with Crippen LogP contribution in [0.2, 0.25) is 0 Å². The number of esters is 1. The average molecular weight is 1040 g/mol. The van der Waals surface area contributed by atoms with Gasteiger partial charge in [-0.3, -0.25) is 9.59 Å². The summed E-state index contributed by atoms with van der Waals surface area (Å²) >= 11 is 0. The summed E-state index contributed by atoms with van der Waals surface area (Å²) in [4.78, 5) is 24.6. The standard InChI is InChI=1S/C68H131NO5/c1-3-5-7-9-11-13-15-17-19-21-26-30-34-38-42-46-50-54-58-62-68(73)74-63-59-55-51-47-43-39-35-31-28-25-23-22-24-27-29-33-37-41-45-49-53-57-61-67(72)69-65(64-70)66(71)60-56-52-48-44-40-36-32-20-18-16-14-12-10-8-6-4-2/h17,19,24,27,65-66,70-71H,3-16,18,20-23,25-26,28-64H2,1-2H3,(H,69,72)/b19-17-,27-24-. The molecule has 0 aliphatic rings. The van der Waals surface area contributed by atoms with Gasteiger partial charge in [0.15, 0.2) is 0 Å². The predicted molar refractivity (Wildman–Crippen MR) is 324 cm³/mol. The number of aliphatic hydroxyl groups excluding tert-OH is 2. The van der Waals surface area contributed by atoms with E-state index in [0.29, 0.717) is 25.9 Å². The number of allylic oxidation sites excluding steroid dienone is 4. The maximum Gasteiger partial charge on any atom is 0.305 e. The second kappa shape index (κ2) is 63.9. The van der Waals surface area contributed by atoms with Gasteiger partial charge in [0, 0.05) is 12.8 Å². The average Bonchev–Trinajstić information content (AvgIpc) is 3.40. The molecule has 0 saturated carbocycles. The van der Waals surface area contributed by atoms with Crippen molar-refractivity contribution in [2.75, 3.05) is 13.2 Å². The molecule has 74 heavy (non-hydrogen) atoms. The van der Waals surface area contributed by atoms with Crippen LogP contribution in [0.4, 0.5) is 0 Å². The minimum atomic E-state index is -0.669. The quantitative estimate of drug-likeness (QED) is 0.0320. The van der Waals surface area contributed by atoms with Crippen LogP contribution in [-0.2, 0) is 14.3 Å². The van der Waals surface area contributed by atoms with E-state index >= 15 is 0 Å². The number of ether oxygens (including phenoxy) is 1. The van der Waals surface area contributed by atoms with Gasteiger partial charge < -0.3 is 20.3 Å². The van der Waals surface area contributed by atoms with Gasteiger partial charge in [-0.25, -0.2) is 0 Å². The van der Waals surface area contributed by atoms with Crippen molar-refractivity contribution in [3.8, 4) is 0 Å². The van der Waals surface area contributed by atoms with E-state index in [0.717, 1.165) is 44.9 Å². The first kappa shape index (κ1) is 72.3. The molecule has 1 amide bonds. The Bertz CT molecular complexity index is 1150. The summed E-state index contributed by atoms with van der Waals surface area (Å²) in [5, 5.41) is 23.3. The first-order valence-corrected chi connectivity index (χ1v) is 33.6. The summed E-state index contributed by atoms with van der Waals surface area (Å²) in [5.74, 6) is -0.0291. The number of amides is 1. The van der Waals surface area contributed by atoms with Crippen molar-refractivity contribution in [2.45, 2.75) is 386 Å². The Morgan fingerprint density at radius 1 is 0.365 bits per heavy atom. The molecule has 6 nitrogen and oxygen atoms in total. The molecule has 0 fully saturated rings. The molecule has 0 aliphatic heterocycles. The first-order valence-electron chi connectivity index (χ1n) is 33.6. The predicted octanol–water partition coefficient (Wildman–Crippen LogP) is 21.4. The Hall–Kier alpha value is -1.66. The van der Waals surface area contributed by atoms with Gasteiger partial charge in [-0.15, -0.1) is 0 Å². The fraction of sp³-hybridized carbons (Fsp3) is 0.912. The van der Waals surface area contributed by atoms with E-state index in [9.17, 15) is 19.8 Å². The van der Waals surface area contributed by atoms with Gasteiger partial charge in [-0.2, -0.15) is 0 Å². The zero-order valence-corrected chi connectivity index (χ0v) is 50.1. The second-order valence-electron chi connectivity index (χ2n) is 23.1. The summed E-state index contributed by atoms with van der Waals surface area (Å²) in [6.07, 6.45) is 79.2. The molecular formula is C68H131NO5. The molecule has 0 aromatic heterocycles. The van der Waals surface area contributed by atoms with Crippen LogP contribution in [0.5, 0.6) is 0 Å². The van der Waals surface area contributed by atoms with E-state index in [-0.39, 0.29) is 18.5 Å². The summed E-state index contributed by atoms with van der Waals surface area (Å²) in [6, 6.07) is -0.547. The summed E-state index contributed by atoms with van der Waals surface area (Å²) < 4.78 is 5.50. The van der Waals surface area contributed by atoms with Crippen LogP contribution in [-0.4, -0.2) is 47.4 Å². The Balaban J connectivity index is 3.39. The molecule has 0 rings (SSSR count). The number of carbonyl (C=O) groups is 2. The Morgan fingerprint density at radius 2 is 0.635 bits per heavy atom. The molecule has 0 aliphatic carbocycles. The minimum Gasteiger partial charge on any atom is -0.466 e. The second-order valence-corrected chi connectivity index (χ2v) is 23.1. The largest absolute Gasteiger partial charge is 0.466 e. The van der Waals surface area contributed by atoms with Gasteiger partial charge in [0.25, 0.3) is 0 Å². The van der Waals surface area contributed by atoms with Crippen LogP contribution < -0.4 is 5.32 Å². The molecule has 0 aromatic carbocycles. The molecule has 0 saturated heterocycles. The number of nitrogens with one attached hydrogen (secondary N) is 1. The number of hydrogen-bond acceptors (Lipinski definition) is 5. The zero-order chi connectivity index (χ0) is 53.6. The van der Waals surface area contributed by atoms with Crippen molar-refractivity contribution in [3.63, 3.8) is 0 Å². The lowest BCUT2D eigenvalue weighted by atomic mass is 10.0. The van der Waals surface area contributed by atoms with Crippen molar-refractivity contribution < 1.29 is 24.5 Å². The summed E-state index contributed by atoms with van der Waals surface area (Å²) in [5.41, 5.74) is 0. The van der Waals surface area contributed by atoms with Crippen LogP contribution in [0.1, 0.15) is 373 Å². The van der Waals surface area contributed by atoms with Gasteiger partial charge in [0.2, 0.25) is 5.91 Å². The highest BCUT2D eigenvalue weighted by Gasteiger charge is 2.20. The number of unbranched alkanes of at least 4 members (excludes halogenated alkanes) is 48. The fourth-order valence-corrected chi connectivity index (χ4v) is 10.6. The molecule has 2 atom stereocenters. The number of aliphatic hydroxyl groups is 2. The van der Waals surface area contributed by atoms with E-state index in [1.165, 1.54) is 295 Å². The molecule has 438 valence electrons. The fourth-order valence-electron chi connectivity index (χ4n) is 10.6. The lowest BCUT2D eigenvalue weighted by molar-refractivity contribution is -0.143. The van der Waals surface area contributed by atoms with E-state index in [1.54, 1.807) is 0 Å². The summed E-state index contributed by atoms with van der Waals surface area (Å²) in [7, 11) is 0. The van der Waals surface area contributed by atoms with E-state index < -0.39 is 12.1 Å². The van der Waals surface area contributed by atoms with Crippen LogP contribution in [0.15, 0.2) is 24.3 Å². The molecule has 0 spiro atoms. The monoisotopic (exact) mass is 1040 g/mol. The topological polar surface area (TPSA) is 95.9 Å². The number of hydrogen-bond donors (Lipinski definition) is 3. The van der Waals surface area contributed by atoms with Gasteiger partial charge in [0.05, 0.1) is 25.4 Å². The maximum absolute atomic E-state index is 12.5. The van der Waals surface area contributed by atoms with Crippen molar-refractivity contribution in [2.24, 2.45) is 0 Å². The lowest BCUT2D eigenvalue weighted by Gasteiger charge is -2.22. The van der Waals surface area contributed by atoms with E-state index in [4.69, 9.17) is 4.74 Å².